The smallest absolute Gasteiger partial charge is 0.137 e. The molecule has 0 amide bonds. The summed E-state index contributed by atoms with van der Waals surface area (Å²) < 4.78 is 9.43. The molecule has 0 fully saturated rings. The van der Waals surface area contributed by atoms with Crippen molar-refractivity contribution in [3.8, 4) is 17.3 Å². The van der Waals surface area contributed by atoms with Gasteiger partial charge in [-0.05, 0) is 128 Å². The predicted octanol–water partition coefficient (Wildman–Crippen LogP) is 17.8. The van der Waals surface area contributed by atoms with E-state index in [1.807, 2.05) is 6.20 Å². The van der Waals surface area contributed by atoms with E-state index in [9.17, 15) is 0 Å². The second-order valence-corrected chi connectivity index (χ2v) is 24.0. The highest BCUT2D eigenvalue weighted by Gasteiger charge is 2.33. The summed E-state index contributed by atoms with van der Waals surface area (Å²) in [5.74, 6) is 2.46. The van der Waals surface area contributed by atoms with Crippen molar-refractivity contribution in [1.29, 1.82) is 0 Å². The minimum absolute atomic E-state index is 0.0161. The van der Waals surface area contributed by atoms with Crippen LogP contribution in [0.25, 0.3) is 27.6 Å². The van der Waals surface area contributed by atoms with Gasteiger partial charge < -0.3 is 14.5 Å². The highest BCUT2D eigenvalue weighted by Crippen LogP contribution is 2.49. The van der Waals surface area contributed by atoms with E-state index in [1.54, 1.807) is 0 Å². The highest BCUT2D eigenvalue weighted by molar-refractivity contribution is 6.10. The lowest BCUT2D eigenvalue weighted by atomic mass is 9.78. The van der Waals surface area contributed by atoms with E-state index >= 15 is 0 Å². The molecule has 10 rings (SSSR count). The van der Waals surface area contributed by atoms with Gasteiger partial charge in [0.05, 0.1) is 22.4 Å². The van der Waals surface area contributed by atoms with Gasteiger partial charge in [0.15, 0.2) is 0 Å². The fraction of sp³-hybridized carbons (Fsp3) is 0.288. The monoisotopic (exact) mass is 935 g/mol. The van der Waals surface area contributed by atoms with Crippen LogP contribution in [0.5, 0.6) is 11.5 Å². The summed E-state index contributed by atoms with van der Waals surface area (Å²) in [4.78, 5) is 9.98. The number of aromatic nitrogens is 2. The van der Waals surface area contributed by atoms with Gasteiger partial charge in [0.1, 0.15) is 24.0 Å². The van der Waals surface area contributed by atoms with E-state index in [4.69, 9.17) is 9.72 Å². The number of anilines is 4. The van der Waals surface area contributed by atoms with Crippen molar-refractivity contribution in [3.63, 3.8) is 0 Å². The van der Waals surface area contributed by atoms with Crippen molar-refractivity contribution >= 4 is 44.6 Å². The number of benzene rings is 7. The van der Waals surface area contributed by atoms with Crippen LogP contribution >= 0.6 is 0 Å². The van der Waals surface area contributed by atoms with Crippen LogP contribution in [0, 0.1) is 0 Å². The second-order valence-electron chi connectivity index (χ2n) is 24.0. The molecule has 5 heteroatoms. The summed E-state index contributed by atoms with van der Waals surface area (Å²) in [7, 11) is 0. The maximum atomic E-state index is 7.11. The Morgan fingerprint density at radius 3 is 1.61 bits per heavy atom. The number of pyridine rings is 1. The molecule has 9 aromatic rings. The molecule has 2 aromatic heterocycles. The number of hydrogen-bond acceptors (Lipinski definition) is 4. The molecule has 0 aliphatic carbocycles. The Labute approximate surface area is 422 Å². The third-order valence-corrected chi connectivity index (χ3v) is 15.2. The Kier molecular flexibility index (Phi) is 11.6. The van der Waals surface area contributed by atoms with Gasteiger partial charge in [-0.15, -0.1) is 0 Å². The fourth-order valence-electron chi connectivity index (χ4n) is 10.3. The molecule has 1 aliphatic rings. The first-order valence-electron chi connectivity index (χ1n) is 25.4. The summed E-state index contributed by atoms with van der Waals surface area (Å²) in [5, 5.41) is 2.35. The van der Waals surface area contributed by atoms with Gasteiger partial charge in [0.25, 0.3) is 0 Å². The number of hydrogen-bond donors (Lipinski definition) is 0. The zero-order valence-corrected chi connectivity index (χ0v) is 44.1. The molecule has 0 atom stereocenters. The lowest BCUT2D eigenvalue weighted by Crippen LogP contribution is -2.25. The maximum Gasteiger partial charge on any atom is 0.137 e. The topological polar surface area (TPSA) is 33.5 Å². The molecule has 1 aliphatic heterocycles. The van der Waals surface area contributed by atoms with E-state index in [2.05, 4.69) is 274 Å². The van der Waals surface area contributed by atoms with E-state index in [0.29, 0.717) is 6.67 Å². The van der Waals surface area contributed by atoms with Gasteiger partial charge in [-0.3, -0.25) is 4.57 Å². The van der Waals surface area contributed by atoms with Crippen LogP contribution in [0.4, 0.5) is 22.7 Å². The summed E-state index contributed by atoms with van der Waals surface area (Å²) in [6, 6.07) is 62.5. The Bertz CT molecular complexity index is 3430. The van der Waals surface area contributed by atoms with E-state index < -0.39 is 0 Å². The van der Waals surface area contributed by atoms with Gasteiger partial charge in [0.2, 0.25) is 0 Å². The molecule has 3 heterocycles. The molecule has 0 unspecified atom stereocenters. The van der Waals surface area contributed by atoms with Crippen LogP contribution in [-0.4, -0.2) is 16.2 Å². The van der Waals surface area contributed by atoms with Crippen LogP contribution in [-0.2, 0) is 27.1 Å². The summed E-state index contributed by atoms with van der Waals surface area (Å²) in [5.41, 5.74) is 15.1. The average molecular weight is 935 g/mol. The summed E-state index contributed by atoms with van der Waals surface area (Å²) in [6.07, 6.45) is 1.95. The van der Waals surface area contributed by atoms with Crippen molar-refractivity contribution in [2.45, 2.75) is 117 Å². The number of rotatable bonds is 9. The Hall–Kier alpha value is -7.11. The zero-order chi connectivity index (χ0) is 50.3. The van der Waals surface area contributed by atoms with Crippen LogP contribution in [0.3, 0.4) is 0 Å². The molecule has 360 valence electrons. The second kappa shape index (κ2) is 17.3. The van der Waals surface area contributed by atoms with Crippen LogP contribution in [0.2, 0.25) is 0 Å². The SMILES string of the molecule is CC(C)(C)c1cc(Oc2ccc3c4cc(C(C)(C)c5ccccc5)ccc4n(-c4cc(C(C)(C)C)ccn4)c3c2)cc(N2CN(c3cccc(C(C)(C)c4ccccc4)c3)c3cc(C(C)(C)C)ccc32)c1. The van der Waals surface area contributed by atoms with Crippen molar-refractivity contribution in [2.24, 2.45) is 0 Å². The fourth-order valence-corrected chi connectivity index (χ4v) is 10.3. The minimum atomic E-state index is -0.196. The van der Waals surface area contributed by atoms with E-state index in [0.717, 1.165) is 39.4 Å². The van der Waals surface area contributed by atoms with Gasteiger partial charge >= 0.3 is 0 Å². The summed E-state index contributed by atoms with van der Waals surface area (Å²) in [6.45, 7) is 30.5. The molecular formula is C66H70N4O. The highest BCUT2D eigenvalue weighted by atomic mass is 16.5. The Morgan fingerprint density at radius 2 is 0.958 bits per heavy atom. The number of fused-ring (bicyclic) bond motifs is 4. The minimum Gasteiger partial charge on any atom is -0.457 e. The number of nitrogens with zero attached hydrogens (tertiary/aromatic N) is 4. The molecule has 0 spiro atoms. The van der Waals surface area contributed by atoms with Crippen LogP contribution in [0.1, 0.15) is 129 Å². The molecule has 7 aromatic carbocycles. The van der Waals surface area contributed by atoms with E-state index in [-0.39, 0.29) is 27.1 Å². The molecule has 0 saturated heterocycles. The first kappa shape index (κ1) is 47.6. The van der Waals surface area contributed by atoms with Crippen LogP contribution in [0.15, 0.2) is 176 Å². The zero-order valence-electron chi connectivity index (χ0n) is 44.1. The first-order valence-corrected chi connectivity index (χ1v) is 25.4. The van der Waals surface area contributed by atoms with Gasteiger partial charge in [-0.1, -0.05) is 175 Å². The quantitative estimate of drug-likeness (QED) is 0.144. The molecular weight excluding hydrogens is 865 g/mol. The van der Waals surface area contributed by atoms with Gasteiger partial charge in [0, 0.05) is 51.3 Å². The molecule has 0 saturated carbocycles. The Balaban J connectivity index is 1.08. The lowest BCUT2D eigenvalue weighted by molar-refractivity contribution is 0.479. The normalized spacial score (nSPS) is 13.6. The molecule has 5 nitrogen and oxygen atoms in total. The third-order valence-electron chi connectivity index (χ3n) is 15.2. The van der Waals surface area contributed by atoms with Crippen molar-refractivity contribution in [2.75, 3.05) is 16.5 Å². The number of ether oxygens (including phenoxy) is 1. The molecule has 71 heavy (non-hydrogen) atoms. The Morgan fingerprint density at radius 1 is 0.380 bits per heavy atom. The lowest BCUT2D eigenvalue weighted by Gasteiger charge is -2.29. The van der Waals surface area contributed by atoms with Crippen molar-refractivity contribution in [1.82, 2.24) is 9.55 Å². The third kappa shape index (κ3) is 8.90. The summed E-state index contributed by atoms with van der Waals surface area (Å²) >= 11 is 0. The molecule has 0 N–H and O–H groups in total. The van der Waals surface area contributed by atoms with E-state index in [1.165, 1.54) is 61.4 Å². The standard InChI is InChI=1S/C66H70N4O/c1-62(2,3)46-27-32-58-60(39-46)68(51-26-20-25-48(35-51)65(10,11)44-21-16-14-17-22-44)43-69(58)52-36-50(64(7,8)9)37-54(41-52)71-53-29-30-55-56-38-49(66(12,13)45-23-18-15-19-24-45)28-31-57(56)70(59(55)42-53)61-40-47(33-34-67-61)63(4,5)6/h14-42H,43H2,1-13H3. The van der Waals surface area contributed by atoms with Crippen molar-refractivity contribution < 1.29 is 4.74 Å². The van der Waals surface area contributed by atoms with Crippen LogP contribution < -0.4 is 14.5 Å². The first-order chi connectivity index (χ1) is 33.6. The van der Waals surface area contributed by atoms with Crippen molar-refractivity contribution in [3.05, 3.63) is 215 Å². The average Bonchev–Trinajstić information content (AvgIpc) is 3.89. The van der Waals surface area contributed by atoms with Gasteiger partial charge in [-0.25, -0.2) is 4.98 Å². The maximum absolute atomic E-state index is 7.11. The predicted molar refractivity (Wildman–Crippen MR) is 300 cm³/mol. The molecule has 0 radical (unpaired) electrons. The molecule has 0 bridgehead atoms. The van der Waals surface area contributed by atoms with Gasteiger partial charge in [-0.2, -0.15) is 0 Å². The largest absolute Gasteiger partial charge is 0.457 e.